The van der Waals surface area contributed by atoms with E-state index in [0.717, 1.165) is 19.3 Å². The van der Waals surface area contributed by atoms with E-state index in [1.807, 2.05) is 0 Å². The van der Waals surface area contributed by atoms with Crippen molar-refractivity contribution in [2.75, 3.05) is 13.1 Å². The molecule has 0 aromatic heterocycles. The highest BCUT2D eigenvalue weighted by molar-refractivity contribution is 7.89. The third kappa shape index (κ3) is 3.26. The molecule has 21 heavy (non-hydrogen) atoms. The summed E-state index contributed by atoms with van der Waals surface area (Å²) in [4.78, 5) is 0.267. The van der Waals surface area contributed by atoms with Crippen LogP contribution < -0.4 is 5.73 Å². The molecule has 2 rings (SSSR count). The van der Waals surface area contributed by atoms with Gasteiger partial charge in [-0.1, -0.05) is 6.42 Å². The fourth-order valence-corrected chi connectivity index (χ4v) is 4.64. The molecule has 6 heteroatoms. The Morgan fingerprint density at radius 2 is 2.19 bits per heavy atom. The topological polar surface area (TPSA) is 87.2 Å². The minimum Gasteiger partial charge on any atom is -0.330 e. The summed E-state index contributed by atoms with van der Waals surface area (Å²) in [5.41, 5.74) is 6.80. The number of rotatable bonds is 4. The van der Waals surface area contributed by atoms with E-state index < -0.39 is 10.0 Å². The second-order valence-corrected chi connectivity index (χ2v) is 7.32. The minimum atomic E-state index is -3.51. The maximum absolute atomic E-state index is 12.8. The molecule has 1 aromatic rings. The van der Waals surface area contributed by atoms with Gasteiger partial charge >= 0.3 is 0 Å². The van der Waals surface area contributed by atoms with E-state index in [-0.39, 0.29) is 10.9 Å². The lowest BCUT2D eigenvalue weighted by Gasteiger charge is -2.34. The molecule has 2 N–H and O–H groups in total. The van der Waals surface area contributed by atoms with Gasteiger partial charge in [0.05, 0.1) is 16.5 Å². The van der Waals surface area contributed by atoms with Crippen molar-refractivity contribution in [2.45, 2.75) is 43.5 Å². The number of hydrogen-bond donors (Lipinski definition) is 1. The molecule has 1 fully saturated rings. The highest BCUT2D eigenvalue weighted by Crippen LogP contribution is 2.27. The normalized spacial score (nSPS) is 20.1. The minimum absolute atomic E-state index is 0.00954. The van der Waals surface area contributed by atoms with Crippen LogP contribution in [-0.2, 0) is 10.0 Å². The lowest BCUT2D eigenvalue weighted by atomic mass is 10.0. The van der Waals surface area contributed by atoms with Gasteiger partial charge in [0.2, 0.25) is 10.0 Å². The first-order valence-electron chi connectivity index (χ1n) is 7.23. The first-order valence-corrected chi connectivity index (χ1v) is 8.67. The molecule has 0 radical (unpaired) electrons. The Morgan fingerprint density at radius 1 is 1.43 bits per heavy atom. The molecule has 5 nitrogen and oxygen atoms in total. The summed E-state index contributed by atoms with van der Waals surface area (Å²) in [6.45, 7) is 2.79. The largest absolute Gasteiger partial charge is 0.330 e. The fraction of sp³-hybridized carbons (Fsp3) is 0.533. The molecule has 1 aliphatic heterocycles. The molecule has 0 spiro atoms. The number of benzene rings is 1. The van der Waals surface area contributed by atoms with Crippen LogP contribution >= 0.6 is 0 Å². The number of piperidine rings is 1. The van der Waals surface area contributed by atoms with Gasteiger partial charge < -0.3 is 5.73 Å². The molecule has 1 saturated heterocycles. The summed E-state index contributed by atoms with van der Waals surface area (Å²) in [6, 6.07) is 6.73. The van der Waals surface area contributed by atoms with Crippen LogP contribution in [0.3, 0.4) is 0 Å². The van der Waals surface area contributed by atoms with Gasteiger partial charge in [-0.05, 0) is 56.5 Å². The first-order chi connectivity index (χ1) is 10.0. The molecular formula is C15H21N3O2S. The van der Waals surface area contributed by atoms with Crippen LogP contribution in [0.2, 0.25) is 0 Å². The Bertz CT molecular complexity index is 647. The molecule has 1 atom stereocenters. The van der Waals surface area contributed by atoms with Crippen LogP contribution in [0.4, 0.5) is 0 Å². The van der Waals surface area contributed by atoms with E-state index in [9.17, 15) is 8.42 Å². The molecule has 0 saturated carbocycles. The van der Waals surface area contributed by atoms with Crippen LogP contribution in [0, 0.1) is 18.3 Å². The summed E-state index contributed by atoms with van der Waals surface area (Å²) in [7, 11) is -3.51. The van der Waals surface area contributed by atoms with Crippen LogP contribution in [-0.4, -0.2) is 31.9 Å². The zero-order valence-electron chi connectivity index (χ0n) is 12.2. The molecule has 114 valence electrons. The van der Waals surface area contributed by atoms with Gasteiger partial charge in [-0.2, -0.15) is 9.57 Å². The molecule has 0 bridgehead atoms. The fourth-order valence-electron chi connectivity index (χ4n) is 2.83. The van der Waals surface area contributed by atoms with Crippen LogP contribution in [0.5, 0.6) is 0 Å². The second kappa shape index (κ2) is 6.56. The summed E-state index contributed by atoms with van der Waals surface area (Å²) in [5, 5.41) is 8.95. The zero-order valence-corrected chi connectivity index (χ0v) is 13.1. The first kappa shape index (κ1) is 16.0. The maximum atomic E-state index is 12.8. The van der Waals surface area contributed by atoms with Crippen molar-refractivity contribution >= 4 is 10.0 Å². The quantitative estimate of drug-likeness (QED) is 0.918. The lowest BCUT2D eigenvalue weighted by molar-refractivity contribution is 0.243. The zero-order chi connectivity index (χ0) is 15.5. The van der Waals surface area contributed by atoms with E-state index in [2.05, 4.69) is 6.07 Å². The maximum Gasteiger partial charge on any atom is 0.243 e. The number of hydrogen-bond acceptors (Lipinski definition) is 4. The molecule has 1 aromatic carbocycles. The third-order valence-electron chi connectivity index (χ3n) is 4.00. The Balaban J connectivity index is 2.36. The van der Waals surface area contributed by atoms with E-state index in [1.54, 1.807) is 23.4 Å². The van der Waals surface area contributed by atoms with Gasteiger partial charge in [-0.15, -0.1) is 0 Å². The Labute approximate surface area is 126 Å². The van der Waals surface area contributed by atoms with E-state index >= 15 is 0 Å². The van der Waals surface area contributed by atoms with Gasteiger partial charge in [0.15, 0.2) is 0 Å². The predicted molar refractivity (Wildman–Crippen MR) is 81.1 cm³/mol. The van der Waals surface area contributed by atoms with Gasteiger partial charge in [0, 0.05) is 12.6 Å². The van der Waals surface area contributed by atoms with Gasteiger partial charge in [0.1, 0.15) is 0 Å². The number of aryl methyl sites for hydroxylation is 1. The van der Waals surface area contributed by atoms with Crippen molar-refractivity contribution in [3.05, 3.63) is 29.3 Å². The summed E-state index contributed by atoms with van der Waals surface area (Å²) >= 11 is 0. The second-order valence-electron chi connectivity index (χ2n) is 5.43. The summed E-state index contributed by atoms with van der Waals surface area (Å²) in [5.74, 6) is 0. The standard InChI is InChI=1S/C15H21N3O2S/c1-12-10-15(6-5-13(12)11-17)21(19,20)18-9-3-2-4-14(18)7-8-16/h5-6,10,14H,2-4,7-9,16H2,1H3. The van der Waals surface area contributed by atoms with Gasteiger partial charge in [-0.3, -0.25) is 0 Å². The van der Waals surface area contributed by atoms with Crippen LogP contribution in [0.15, 0.2) is 23.1 Å². The number of nitrogens with two attached hydrogens (primary N) is 1. The molecule has 1 aliphatic rings. The molecule has 0 amide bonds. The predicted octanol–water partition coefficient (Wildman–Crippen LogP) is 1.76. The molecule has 1 unspecified atom stereocenters. The average molecular weight is 307 g/mol. The molecular weight excluding hydrogens is 286 g/mol. The van der Waals surface area contributed by atoms with Gasteiger partial charge in [0.25, 0.3) is 0 Å². The van der Waals surface area contributed by atoms with Crippen molar-refractivity contribution in [3.63, 3.8) is 0 Å². The van der Waals surface area contributed by atoms with Gasteiger partial charge in [-0.25, -0.2) is 8.42 Å². The smallest absolute Gasteiger partial charge is 0.243 e. The molecule has 0 aliphatic carbocycles. The van der Waals surface area contributed by atoms with E-state index in [1.165, 1.54) is 6.07 Å². The third-order valence-corrected chi connectivity index (χ3v) is 5.95. The van der Waals surface area contributed by atoms with E-state index in [4.69, 9.17) is 11.0 Å². The van der Waals surface area contributed by atoms with Crippen molar-refractivity contribution in [1.29, 1.82) is 5.26 Å². The summed E-state index contributed by atoms with van der Waals surface area (Å²) in [6.07, 6.45) is 3.48. The number of nitrogens with zero attached hydrogens (tertiary/aromatic N) is 2. The monoisotopic (exact) mass is 307 g/mol. The Hall–Kier alpha value is -1.42. The molecule has 1 heterocycles. The van der Waals surface area contributed by atoms with Crippen molar-refractivity contribution in [1.82, 2.24) is 4.31 Å². The van der Waals surface area contributed by atoms with Crippen molar-refractivity contribution < 1.29 is 8.42 Å². The lowest BCUT2D eigenvalue weighted by Crippen LogP contribution is -2.44. The van der Waals surface area contributed by atoms with Crippen LogP contribution in [0.25, 0.3) is 0 Å². The van der Waals surface area contributed by atoms with E-state index in [0.29, 0.717) is 30.6 Å². The number of nitriles is 1. The van der Waals surface area contributed by atoms with Crippen molar-refractivity contribution in [3.8, 4) is 6.07 Å². The van der Waals surface area contributed by atoms with Crippen LogP contribution in [0.1, 0.15) is 36.8 Å². The average Bonchev–Trinajstić information content (AvgIpc) is 2.48. The highest BCUT2D eigenvalue weighted by Gasteiger charge is 2.33. The Kier molecular flexibility index (Phi) is 4.99. The summed E-state index contributed by atoms with van der Waals surface area (Å²) < 4.78 is 27.2. The highest BCUT2D eigenvalue weighted by atomic mass is 32.2. The van der Waals surface area contributed by atoms with Crippen molar-refractivity contribution in [2.24, 2.45) is 5.73 Å². The SMILES string of the molecule is Cc1cc(S(=O)(=O)N2CCCCC2CCN)ccc1C#N. The Morgan fingerprint density at radius 3 is 2.81 bits per heavy atom. The number of sulfonamides is 1.